The Morgan fingerprint density at radius 2 is 1.84 bits per heavy atom. The summed E-state index contributed by atoms with van der Waals surface area (Å²) in [6.45, 7) is 2.37. The molecule has 2 N–H and O–H groups in total. The third-order valence-electron chi connectivity index (χ3n) is 3.27. The molecule has 0 aromatic heterocycles. The Morgan fingerprint density at radius 1 is 1.16 bits per heavy atom. The Bertz CT molecular complexity index is 851. The number of aryl methyl sites for hydroxylation is 1. The Balaban J connectivity index is 1.90. The minimum atomic E-state index is -3.41. The summed E-state index contributed by atoms with van der Waals surface area (Å²) in [4.78, 5) is 12.2. The van der Waals surface area contributed by atoms with Crippen molar-refractivity contribution in [2.45, 2.75) is 6.92 Å². The standard InChI is InChI=1S/C17H19ClN2O4S/c1-12-3-4-13(11-16(12)20-25(2,22)23)17(21)19-9-10-24-15-7-5-14(18)6-8-15/h3-8,11,20H,9-10H2,1-2H3,(H,19,21). The minimum absolute atomic E-state index is 0.299. The first-order valence-electron chi connectivity index (χ1n) is 7.49. The summed E-state index contributed by atoms with van der Waals surface area (Å²) in [5.74, 6) is 0.352. The second kappa shape index (κ2) is 8.22. The number of rotatable bonds is 7. The van der Waals surface area contributed by atoms with E-state index in [1.54, 1.807) is 43.3 Å². The van der Waals surface area contributed by atoms with E-state index in [1.807, 2.05) is 0 Å². The Kier molecular flexibility index (Phi) is 6.27. The molecule has 0 radical (unpaired) electrons. The van der Waals surface area contributed by atoms with Gasteiger partial charge < -0.3 is 10.1 Å². The van der Waals surface area contributed by atoms with Crippen molar-refractivity contribution in [3.63, 3.8) is 0 Å². The van der Waals surface area contributed by atoms with E-state index in [9.17, 15) is 13.2 Å². The lowest BCUT2D eigenvalue weighted by molar-refractivity contribution is 0.0947. The molecule has 25 heavy (non-hydrogen) atoms. The van der Waals surface area contributed by atoms with E-state index in [4.69, 9.17) is 16.3 Å². The van der Waals surface area contributed by atoms with Crippen molar-refractivity contribution in [3.8, 4) is 5.75 Å². The van der Waals surface area contributed by atoms with Gasteiger partial charge in [-0.05, 0) is 48.9 Å². The molecular formula is C17H19ClN2O4S. The van der Waals surface area contributed by atoms with E-state index in [1.165, 1.54) is 6.07 Å². The van der Waals surface area contributed by atoms with Gasteiger partial charge in [0.05, 0.1) is 18.5 Å². The summed E-state index contributed by atoms with van der Waals surface area (Å²) >= 11 is 5.79. The fourth-order valence-electron chi connectivity index (χ4n) is 2.04. The van der Waals surface area contributed by atoms with Gasteiger partial charge >= 0.3 is 0 Å². The molecule has 2 aromatic rings. The first-order chi connectivity index (χ1) is 11.7. The van der Waals surface area contributed by atoms with Crippen LogP contribution in [0, 0.1) is 6.92 Å². The average Bonchev–Trinajstić information content (AvgIpc) is 2.54. The summed E-state index contributed by atoms with van der Waals surface area (Å²) in [5.41, 5.74) is 1.48. The molecule has 0 saturated carbocycles. The Morgan fingerprint density at radius 3 is 2.48 bits per heavy atom. The minimum Gasteiger partial charge on any atom is -0.492 e. The van der Waals surface area contributed by atoms with E-state index in [-0.39, 0.29) is 5.91 Å². The summed E-state index contributed by atoms with van der Waals surface area (Å²) < 4.78 is 30.6. The monoisotopic (exact) mass is 382 g/mol. The number of carbonyl (C=O) groups excluding carboxylic acids is 1. The molecule has 0 saturated heterocycles. The number of hydrogen-bond acceptors (Lipinski definition) is 4. The van der Waals surface area contributed by atoms with Crippen LogP contribution < -0.4 is 14.8 Å². The van der Waals surface area contributed by atoms with Gasteiger partial charge in [0.15, 0.2) is 0 Å². The maximum atomic E-state index is 12.2. The molecule has 2 rings (SSSR count). The highest BCUT2D eigenvalue weighted by Crippen LogP contribution is 2.18. The predicted molar refractivity (Wildman–Crippen MR) is 98.9 cm³/mol. The Hall–Kier alpha value is -2.25. The van der Waals surface area contributed by atoms with Gasteiger partial charge in [-0.2, -0.15) is 0 Å². The highest BCUT2D eigenvalue weighted by Gasteiger charge is 2.10. The van der Waals surface area contributed by atoms with Gasteiger partial charge in [0, 0.05) is 10.6 Å². The number of amides is 1. The molecule has 0 aliphatic carbocycles. The highest BCUT2D eigenvalue weighted by atomic mass is 35.5. The molecule has 0 fully saturated rings. The SMILES string of the molecule is Cc1ccc(C(=O)NCCOc2ccc(Cl)cc2)cc1NS(C)(=O)=O. The highest BCUT2D eigenvalue weighted by molar-refractivity contribution is 7.92. The average molecular weight is 383 g/mol. The van der Waals surface area contributed by atoms with Gasteiger partial charge in [0.2, 0.25) is 10.0 Å². The van der Waals surface area contributed by atoms with Crippen LogP contribution in [-0.4, -0.2) is 33.7 Å². The largest absolute Gasteiger partial charge is 0.492 e. The van der Waals surface area contributed by atoms with Crippen LogP contribution in [0.5, 0.6) is 5.75 Å². The number of sulfonamides is 1. The first kappa shape index (κ1) is 19.1. The van der Waals surface area contributed by atoms with Crippen LogP contribution >= 0.6 is 11.6 Å². The van der Waals surface area contributed by atoms with Gasteiger partial charge in [-0.15, -0.1) is 0 Å². The second-order valence-corrected chi connectivity index (χ2v) is 7.65. The number of ether oxygens (including phenoxy) is 1. The van der Waals surface area contributed by atoms with Crippen molar-refractivity contribution in [2.24, 2.45) is 0 Å². The molecule has 0 atom stereocenters. The molecule has 2 aromatic carbocycles. The number of halogens is 1. The van der Waals surface area contributed by atoms with Crippen molar-refractivity contribution < 1.29 is 17.9 Å². The van der Waals surface area contributed by atoms with Crippen LogP contribution in [0.3, 0.4) is 0 Å². The van der Waals surface area contributed by atoms with Gasteiger partial charge in [0.25, 0.3) is 5.91 Å². The summed E-state index contributed by atoms with van der Waals surface area (Å²) in [6.07, 6.45) is 1.06. The van der Waals surface area contributed by atoms with Crippen LogP contribution in [0.1, 0.15) is 15.9 Å². The van der Waals surface area contributed by atoms with Gasteiger partial charge in [-0.3, -0.25) is 9.52 Å². The molecule has 0 aliphatic heterocycles. The summed E-state index contributed by atoms with van der Waals surface area (Å²) in [6, 6.07) is 11.8. The van der Waals surface area contributed by atoms with E-state index in [0.29, 0.717) is 35.2 Å². The van der Waals surface area contributed by atoms with Crippen LogP contribution in [0.25, 0.3) is 0 Å². The third-order valence-corrected chi connectivity index (χ3v) is 4.11. The van der Waals surface area contributed by atoms with Gasteiger partial charge in [0.1, 0.15) is 12.4 Å². The molecule has 0 heterocycles. The van der Waals surface area contributed by atoms with Crippen LogP contribution in [-0.2, 0) is 10.0 Å². The molecule has 6 nitrogen and oxygen atoms in total. The Labute approximate surface area is 152 Å². The second-order valence-electron chi connectivity index (χ2n) is 5.46. The first-order valence-corrected chi connectivity index (χ1v) is 9.76. The lowest BCUT2D eigenvalue weighted by atomic mass is 10.1. The molecule has 0 unspecified atom stereocenters. The van der Waals surface area contributed by atoms with E-state index in [2.05, 4.69) is 10.0 Å². The van der Waals surface area contributed by atoms with Crippen molar-refractivity contribution in [1.29, 1.82) is 0 Å². The molecule has 1 amide bonds. The fourth-order valence-corrected chi connectivity index (χ4v) is 2.78. The zero-order valence-corrected chi connectivity index (χ0v) is 15.4. The van der Waals surface area contributed by atoms with E-state index in [0.717, 1.165) is 11.8 Å². The fraction of sp³-hybridized carbons (Fsp3) is 0.235. The molecular weight excluding hydrogens is 364 g/mol. The molecule has 0 spiro atoms. The van der Waals surface area contributed by atoms with Gasteiger partial charge in [-0.1, -0.05) is 17.7 Å². The number of anilines is 1. The van der Waals surface area contributed by atoms with Crippen molar-refractivity contribution >= 4 is 33.2 Å². The van der Waals surface area contributed by atoms with Crippen molar-refractivity contribution in [3.05, 3.63) is 58.6 Å². The normalized spacial score (nSPS) is 11.0. The van der Waals surface area contributed by atoms with Gasteiger partial charge in [-0.25, -0.2) is 8.42 Å². The number of nitrogens with one attached hydrogen (secondary N) is 2. The van der Waals surface area contributed by atoms with E-state index < -0.39 is 10.0 Å². The maximum absolute atomic E-state index is 12.2. The summed E-state index contributed by atoms with van der Waals surface area (Å²) in [5, 5.41) is 3.35. The molecule has 8 heteroatoms. The lowest BCUT2D eigenvalue weighted by Crippen LogP contribution is -2.28. The van der Waals surface area contributed by atoms with Crippen LogP contribution in [0.2, 0.25) is 5.02 Å². The van der Waals surface area contributed by atoms with Crippen molar-refractivity contribution in [1.82, 2.24) is 5.32 Å². The third kappa shape index (κ3) is 6.28. The lowest BCUT2D eigenvalue weighted by Gasteiger charge is -2.11. The quantitative estimate of drug-likeness (QED) is 0.721. The van der Waals surface area contributed by atoms with Crippen molar-refractivity contribution in [2.75, 3.05) is 24.1 Å². The number of benzene rings is 2. The number of carbonyl (C=O) groups is 1. The van der Waals surface area contributed by atoms with Crippen LogP contribution in [0.15, 0.2) is 42.5 Å². The zero-order chi connectivity index (χ0) is 18.4. The maximum Gasteiger partial charge on any atom is 0.251 e. The predicted octanol–water partition coefficient (Wildman–Crippen LogP) is 2.83. The molecule has 0 aliphatic rings. The van der Waals surface area contributed by atoms with E-state index >= 15 is 0 Å². The van der Waals surface area contributed by atoms with Crippen LogP contribution in [0.4, 0.5) is 5.69 Å². The zero-order valence-electron chi connectivity index (χ0n) is 13.9. The smallest absolute Gasteiger partial charge is 0.251 e. The summed E-state index contributed by atoms with van der Waals surface area (Å²) in [7, 11) is -3.41. The number of hydrogen-bond donors (Lipinski definition) is 2. The molecule has 134 valence electrons. The topological polar surface area (TPSA) is 84.5 Å². The molecule has 0 bridgehead atoms.